The van der Waals surface area contributed by atoms with Gasteiger partial charge in [-0.25, -0.2) is 19.4 Å². The summed E-state index contributed by atoms with van der Waals surface area (Å²) in [5.41, 5.74) is 2.09. The third-order valence-corrected chi connectivity index (χ3v) is 4.35. The van der Waals surface area contributed by atoms with Crippen LogP contribution in [0.5, 0.6) is 5.75 Å². The van der Waals surface area contributed by atoms with E-state index in [1.807, 2.05) is 35.8 Å². The molecule has 0 N–H and O–H groups in total. The van der Waals surface area contributed by atoms with Gasteiger partial charge in [-0.15, -0.1) is 0 Å². The molecule has 0 fully saturated rings. The number of ether oxygens (including phenoxy) is 1. The van der Waals surface area contributed by atoms with Gasteiger partial charge in [0, 0.05) is 18.2 Å². The summed E-state index contributed by atoms with van der Waals surface area (Å²) in [6, 6.07) is 11.4. The summed E-state index contributed by atoms with van der Waals surface area (Å²) in [6.45, 7) is -1.11. The number of aryl methyl sites for hydroxylation is 1. The number of alkyl halides is 2. The van der Waals surface area contributed by atoms with E-state index < -0.39 is 24.5 Å². The highest BCUT2D eigenvalue weighted by Gasteiger charge is 2.25. The fourth-order valence-corrected chi connectivity index (χ4v) is 3.17. The molecule has 3 aromatic rings. The molecule has 1 aromatic heterocycles. The number of rotatable bonds is 5. The lowest BCUT2D eigenvalue weighted by atomic mass is 10.2. The van der Waals surface area contributed by atoms with E-state index in [-0.39, 0.29) is 0 Å². The van der Waals surface area contributed by atoms with Gasteiger partial charge in [-0.1, -0.05) is 19.1 Å². The van der Waals surface area contributed by atoms with Crippen LogP contribution in [0.2, 0.25) is 0 Å². The number of hydrogen-bond donors (Lipinski definition) is 0. The number of hydrogen-bond acceptors (Lipinski definition) is 5. The van der Waals surface area contributed by atoms with E-state index in [0.717, 1.165) is 29.0 Å². The van der Waals surface area contributed by atoms with Crippen molar-refractivity contribution in [1.29, 1.82) is 0 Å². The number of aromatic nitrogens is 2. The van der Waals surface area contributed by atoms with E-state index in [4.69, 9.17) is 0 Å². The zero-order valence-corrected chi connectivity index (χ0v) is 14.8. The molecule has 1 aliphatic heterocycles. The summed E-state index contributed by atoms with van der Waals surface area (Å²) in [7, 11) is 0. The molecular weight excluding hydrogens is 371 g/mol. The monoisotopic (exact) mass is 387 g/mol. The molecule has 9 heteroatoms. The maximum atomic E-state index is 14.2. The van der Waals surface area contributed by atoms with Gasteiger partial charge in [0.05, 0.1) is 17.4 Å². The lowest BCUT2D eigenvalue weighted by Crippen LogP contribution is -2.33. The number of fused-ring (bicyclic) bond motifs is 1. The summed E-state index contributed by atoms with van der Waals surface area (Å²) >= 11 is 0. The molecule has 0 radical (unpaired) electrons. The molecule has 1 atom stereocenters. The molecule has 28 heavy (non-hydrogen) atoms. The Kier molecular flexibility index (Phi) is 4.72. The Morgan fingerprint density at radius 3 is 2.75 bits per heavy atom. The van der Waals surface area contributed by atoms with Gasteiger partial charge in [0.2, 0.25) is 6.29 Å². The maximum absolute atomic E-state index is 14.2. The minimum atomic E-state index is -3.10. The predicted molar refractivity (Wildman–Crippen MR) is 101 cm³/mol. The Morgan fingerprint density at radius 1 is 1.18 bits per heavy atom. The second kappa shape index (κ2) is 7.34. The Labute approximate surface area is 158 Å². The summed E-state index contributed by atoms with van der Waals surface area (Å²) in [5, 5.41) is 0. The zero-order valence-electron chi connectivity index (χ0n) is 14.8. The predicted octanol–water partition coefficient (Wildman–Crippen LogP) is 4.37. The molecule has 0 saturated heterocycles. The van der Waals surface area contributed by atoms with Crippen LogP contribution in [0.25, 0.3) is 11.0 Å². The van der Waals surface area contributed by atoms with E-state index >= 15 is 0 Å². The third-order valence-electron chi connectivity index (χ3n) is 4.35. The van der Waals surface area contributed by atoms with Crippen LogP contribution in [0.4, 0.5) is 18.9 Å². The van der Waals surface area contributed by atoms with Gasteiger partial charge in [0.25, 0.3) is 0 Å². The molecule has 1 aliphatic rings. The fraction of sp³-hybridized carbons (Fsp3) is 0.211. The van der Waals surface area contributed by atoms with Crippen molar-refractivity contribution in [3.63, 3.8) is 0 Å². The summed E-state index contributed by atoms with van der Waals surface area (Å²) in [6.07, 6.45) is 3.01. The van der Waals surface area contributed by atoms with Crippen LogP contribution in [-0.2, 0) is 6.42 Å². The molecule has 0 spiro atoms. The van der Waals surface area contributed by atoms with Gasteiger partial charge in [0.15, 0.2) is 11.6 Å². The second-order valence-corrected chi connectivity index (χ2v) is 6.02. The lowest BCUT2D eigenvalue weighted by Gasteiger charge is -2.30. The van der Waals surface area contributed by atoms with Crippen LogP contribution in [0.1, 0.15) is 19.0 Å². The molecule has 144 valence electrons. The first-order valence-corrected chi connectivity index (χ1v) is 8.62. The first-order valence-electron chi connectivity index (χ1n) is 8.62. The number of benzene rings is 2. The molecule has 0 amide bonds. The van der Waals surface area contributed by atoms with Gasteiger partial charge in [0.1, 0.15) is 12.2 Å². The average Bonchev–Trinajstić information content (AvgIpc) is 3.08. The number of anilines is 1. The van der Waals surface area contributed by atoms with Crippen molar-refractivity contribution in [1.82, 2.24) is 9.55 Å². The van der Waals surface area contributed by atoms with E-state index in [1.54, 1.807) is 4.90 Å². The molecule has 1 unspecified atom stereocenters. The highest BCUT2D eigenvalue weighted by Crippen LogP contribution is 2.32. The van der Waals surface area contributed by atoms with E-state index in [0.29, 0.717) is 12.1 Å². The number of para-hydroxylation sites is 2. The molecule has 0 saturated carbocycles. The van der Waals surface area contributed by atoms with Crippen LogP contribution >= 0.6 is 0 Å². The van der Waals surface area contributed by atoms with Crippen molar-refractivity contribution >= 4 is 29.4 Å². The topological polar surface area (TPSA) is 55.0 Å². The second-order valence-electron chi connectivity index (χ2n) is 6.02. The first-order chi connectivity index (χ1) is 13.6. The third kappa shape index (κ3) is 3.19. The Hall–Kier alpha value is -3.36. The first kappa shape index (κ1) is 18.0. The molecule has 2 heterocycles. The lowest BCUT2D eigenvalue weighted by molar-refractivity contribution is -0.0521. The van der Waals surface area contributed by atoms with E-state index in [2.05, 4.69) is 19.7 Å². The van der Waals surface area contributed by atoms with Crippen molar-refractivity contribution in [2.24, 2.45) is 9.98 Å². The maximum Gasteiger partial charge on any atom is 0.387 e. The molecule has 4 rings (SSSR count). The van der Waals surface area contributed by atoms with E-state index in [9.17, 15) is 13.2 Å². The van der Waals surface area contributed by atoms with Gasteiger partial charge < -0.3 is 4.74 Å². The largest absolute Gasteiger partial charge is 0.432 e. The standard InChI is InChI=1S/C19H16F3N5O/c1-2-17-25-14-5-3-4-6-15(14)27(17)19-24-10-23-11-26(19)12-7-8-16(13(20)9-12)28-18(21)22/h3-11,18-19H,2H2,1H3. The van der Waals surface area contributed by atoms with Gasteiger partial charge in [-0.3, -0.25) is 9.47 Å². The van der Waals surface area contributed by atoms with Crippen LogP contribution < -0.4 is 9.64 Å². The summed E-state index contributed by atoms with van der Waals surface area (Å²) in [4.78, 5) is 14.8. The van der Waals surface area contributed by atoms with Crippen LogP contribution in [-0.4, -0.2) is 28.8 Å². The quantitative estimate of drug-likeness (QED) is 0.653. The minimum Gasteiger partial charge on any atom is -0.432 e. The van der Waals surface area contributed by atoms with Gasteiger partial charge in [-0.05, 0) is 24.3 Å². The highest BCUT2D eigenvalue weighted by molar-refractivity contribution is 5.88. The van der Waals surface area contributed by atoms with Gasteiger partial charge in [-0.2, -0.15) is 8.78 Å². The fourth-order valence-electron chi connectivity index (χ4n) is 3.17. The minimum absolute atomic E-state index is 0.393. The SMILES string of the molecule is CCc1nc2ccccc2n1C1N=CN=CN1c1ccc(OC(F)F)c(F)c1. The molecular formula is C19H16F3N5O. The molecule has 2 aromatic carbocycles. The van der Waals surface area contributed by atoms with Crippen LogP contribution in [0, 0.1) is 5.82 Å². The number of halogens is 3. The Balaban J connectivity index is 1.77. The average molecular weight is 387 g/mol. The van der Waals surface area contributed by atoms with Crippen molar-refractivity contribution in [2.45, 2.75) is 26.2 Å². The summed E-state index contributed by atoms with van der Waals surface area (Å²) < 4.78 is 45.1. The number of imidazole rings is 1. The number of aliphatic imine (C=N–C) groups is 2. The van der Waals surface area contributed by atoms with Crippen molar-refractivity contribution in [3.05, 3.63) is 54.1 Å². The molecule has 6 nitrogen and oxygen atoms in total. The molecule has 0 aliphatic carbocycles. The van der Waals surface area contributed by atoms with Crippen molar-refractivity contribution < 1.29 is 17.9 Å². The Bertz CT molecular complexity index is 1060. The Morgan fingerprint density at radius 2 is 2.00 bits per heavy atom. The van der Waals surface area contributed by atoms with Crippen LogP contribution in [0.15, 0.2) is 52.4 Å². The zero-order chi connectivity index (χ0) is 19.7. The highest BCUT2D eigenvalue weighted by atomic mass is 19.3. The van der Waals surface area contributed by atoms with Crippen LogP contribution in [0.3, 0.4) is 0 Å². The molecule has 0 bridgehead atoms. The summed E-state index contributed by atoms with van der Waals surface area (Å²) in [5.74, 6) is -0.609. The van der Waals surface area contributed by atoms with E-state index in [1.165, 1.54) is 18.7 Å². The van der Waals surface area contributed by atoms with Crippen molar-refractivity contribution in [3.8, 4) is 5.75 Å². The number of nitrogens with zero attached hydrogens (tertiary/aromatic N) is 5. The smallest absolute Gasteiger partial charge is 0.387 e. The normalized spacial score (nSPS) is 16.3. The van der Waals surface area contributed by atoms with Crippen molar-refractivity contribution in [2.75, 3.05) is 4.90 Å². The van der Waals surface area contributed by atoms with Gasteiger partial charge >= 0.3 is 6.61 Å².